The minimum Gasteiger partial charge on any atom is -0.496 e. The summed E-state index contributed by atoms with van der Waals surface area (Å²) in [6.45, 7) is 0.373. The summed E-state index contributed by atoms with van der Waals surface area (Å²) >= 11 is 0. The Labute approximate surface area is 216 Å². The van der Waals surface area contributed by atoms with Gasteiger partial charge in [0.05, 0.1) is 25.5 Å². The zero-order valence-electron chi connectivity index (χ0n) is 21.0. The highest BCUT2D eigenvalue weighted by Crippen LogP contribution is 2.30. The smallest absolute Gasteiger partial charge is 0.254 e. The third-order valence-corrected chi connectivity index (χ3v) is 6.39. The number of rotatable bonds is 9. The number of aliphatic hydroxyl groups is 1. The van der Waals surface area contributed by atoms with Crippen LogP contribution in [0.2, 0.25) is 0 Å². The van der Waals surface area contributed by atoms with Crippen molar-refractivity contribution in [1.29, 1.82) is 0 Å². The number of oxime groups is 1. The summed E-state index contributed by atoms with van der Waals surface area (Å²) in [5, 5.41) is 17.2. The van der Waals surface area contributed by atoms with Gasteiger partial charge in [0, 0.05) is 36.6 Å². The van der Waals surface area contributed by atoms with Crippen molar-refractivity contribution in [2.75, 3.05) is 27.3 Å². The maximum absolute atomic E-state index is 13.4. The minimum absolute atomic E-state index is 0.0902. The molecule has 8 heteroatoms. The Bertz CT molecular complexity index is 1240. The van der Waals surface area contributed by atoms with Gasteiger partial charge < -0.3 is 24.9 Å². The molecule has 192 valence electrons. The molecule has 0 spiro atoms. The molecular formula is C29H31N3O5. The molecule has 2 N–H and O–H groups in total. The maximum Gasteiger partial charge on any atom is 0.254 e. The van der Waals surface area contributed by atoms with Crippen LogP contribution in [0, 0.1) is 0 Å². The number of nitrogens with one attached hydrogen (secondary N) is 1. The van der Waals surface area contributed by atoms with E-state index in [4.69, 9.17) is 9.57 Å². The van der Waals surface area contributed by atoms with E-state index in [2.05, 4.69) is 10.5 Å². The molecule has 0 aliphatic carbocycles. The Morgan fingerprint density at radius 1 is 1.03 bits per heavy atom. The molecule has 3 aromatic carbocycles. The molecular weight excluding hydrogens is 470 g/mol. The maximum atomic E-state index is 13.4. The van der Waals surface area contributed by atoms with Crippen LogP contribution in [0.15, 0.2) is 84.0 Å². The average molecular weight is 502 g/mol. The van der Waals surface area contributed by atoms with Gasteiger partial charge in [0.2, 0.25) is 5.91 Å². The topological polar surface area (TPSA) is 100 Å². The van der Waals surface area contributed by atoms with Gasteiger partial charge in [-0.05, 0) is 29.3 Å². The summed E-state index contributed by atoms with van der Waals surface area (Å²) in [7, 11) is 3.09. The number of nitrogens with zero attached hydrogens (tertiary/aromatic N) is 2. The van der Waals surface area contributed by atoms with Crippen LogP contribution >= 0.6 is 0 Å². The first-order valence-corrected chi connectivity index (χ1v) is 12.1. The van der Waals surface area contributed by atoms with E-state index in [9.17, 15) is 14.7 Å². The standard InChI is InChI=1S/C29H31N3O5/c1-36-27-11-7-6-10-25(27)20-12-14-22(15-13-20)29(35)32-19-23(31-37-2)16-24(32)17-28(34)30-18-26(33)21-8-4-3-5-9-21/h3-15,24,26,33H,16-19H2,1-2H3,(H,30,34)/t24-,26?/m0/s1. The van der Waals surface area contributed by atoms with Crippen LogP contribution in [0.1, 0.15) is 34.9 Å². The second-order valence-electron chi connectivity index (χ2n) is 8.84. The van der Waals surface area contributed by atoms with Crippen molar-refractivity contribution in [2.24, 2.45) is 5.16 Å². The number of benzene rings is 3. The monoisotopic (exact) mass is 501 g/mol. The lowest BCUT2D eigenvalue weighted by atomic mass is 10.0. The Morgan fingerprint density at radius 2 is 1.73 bits per heavy atom. The van der Waals surface area contributed by atoms with Crippen molar-refractivity contribution in [1.82, 2.24) is 10.2 Å². The number of likely N-dealkylation sites (tertiary alicyclic amines) is 1. The lowest BCUT2D eigenvalue weighted by Crippen LogP contribution is -2.40. The number of methoxy groups -OCH3 is 1. The summed E-state index contributed by atoms with van der Waals surface area (Å²) in [5.41, 5.74) is 3.81. The van der Waals surface area contributed by atoms with Gasteiger partial charge in [-0.15, -0.1) is 0 Å². The fourth-order valence-electron chi connectivity index (χ4n) is 4.52. The molecule has 3 aromatic rings. The van der Waals surface area contributed by atoms with Crippen molar-refractivity contribution >= 4 is 17.5 Å². The van der Waals surface area contributed by atoms with Crippen LogP contribution in [0.25, 0.3) is 11.1 Å². The molecule has 1 fully saturated rings. The predicted octanol–water partition coefficient (Wildman–Crippen LogP) is 3.82. The van der Waals surface area contributed by atoms with Crippen LogP contribution in [0.3, 0.4) is 0 Å². The van der Waals surface area contributed by atoms with Crippen LogP contribution in [0.5, 0.6) is 5.75 Å². The van der Waals surface area contributed by atoms with Gasteiger partial charge in [-0.2, -0.15) is 0 Å². The minimum atomic E-state index is -0.807. The molecule has 1 heterocycles. The zero-order valence-corrected chi connectivity index (χ0v) is 21.0. The van der Waals surface area contributed by atoms with Crippen molar-refractivity contribution in [3.63, 3.8) is 0 Å². The number of carbonyl (C=O) groups excluding carboxylic acids is 2. The largest absolute Gasteiger partial charge is 0.496 e. The Kier molecular flexibility index (Phi) is 8.53. The van der Waals surface area contributed by atoms with Crippen molar-refractivity contribution < 1.29 is 24.3 Å². The van der Waals surface area contributed by atoms with Crippen molar-refractivity contribution in [3.05, 3.63) is 90.0 Å². The third kappa shape index (κ3) is 6.34. The lowest BCUT2D eigenvalue weighted by Gasteiger charge is -2.24. The number of aliphatic hydroxyl groups excluding tert-OH is 1. The number of hydrogen-bond donors (Lipinski definition) is 2. The van der Waals surface area contributed by atoms with Crippen molar-refractivity contribution in [3.8, 4) is 16.9 Å². The summed E-state index contributed by atoms with van der Waals surface area (Å²) in [6, 6.07) is 23.8. The SMILES string of the molecule is CON=C1C[C@@H](CC(=O)NCC(O)c2ccccc2)N(C(=O)c2ccc(-c3ccccc3OC)cc2)C1. The number of para-hydroxylation sites is 1. The van der Waals surface area contributed by atoms with E-state index in [-0.39, 0.29) is 37.4 Å². The van der Waals surface area contributed by atoms with Gasteiger partial charge in [0.15, 0.2) is 0 Å². The molecule has 2 amide bonds. The van der Waals surface area contributed by atoms with Crippen LogP contribution in [-0.2, 0) is 9.63 Å². The molecule has 0 radical (unpaired) electrons. The average Bonchev–Trinajstić information content (AvgIpc) is 3.33. The molecule has 0 bridgehead atoms. The van der Waals surface area contributed by atoms with E-state index in [1.807, 2.05) is 54.6 Å². The van der Waals surface area contributed by atoms with Crippen molar-refractivity contribution in [2.45, 2.75) is 25.0 Å². The molecule has 0 saturated carbocycles. The molecule has 0 aromatic heterocycles. The fraction of sp³-hybridized carbons (Fsp3) is 0.276. The Hall–Kier alpha value is -4.17. The first kappa shape index (κ1) is 25.9. The highest BCUT2D eigenvalue weighted by Gasteiger charge is 2.35. The zero-order chi connectivity index (χ0) is 26.2. The van der Waals surface area contributed by atoms with E-state index in [0.29, 0.717) is 17.7 Å². The number of amides is 2. The number of ether oxygens (including phenoxy) is 1. The molecule has 2 atom stereocenters. The Morgan fingerprint density at radius 3 is 2.43 bits per heavy atom. The third-order valence-electron chi connectivity index (χ3n) is 6.39. The van der Waals surface area contributed by atoms with E-state index in [0.717, 1.165) is 22.4 Å². The predicted molar refractivity (Wildman–Crippen MR) is 141 cm³/mol. The second-order valence-corrected chi connectivity index (χ2v) is 8.84. The van der Waals surface area contributed by atoms with E-state index in [1.165, 1.54) is 7.11 Å². The molecule has 8 nitrogen and oxygen atoms in total. The summed E-state index contributed by atoms with van der Waals surface area (Å²) in [5.74, 6) is 0.322. The quantitative estimate of drug-likeness (QED) is 0.434. The van der Waals surface area contributed by atoms with Crippen LogP contribution in [0.4, 0.5) is 0 Å². The summed E-state index contributed by atoms with van der Waals surface area (Å²) in [6.07, 6.45) is -0.276. The summed E-state index contributed by atoms with van der Waals surface area (Å²) < 4.78 is 5.45. The van der Waals surface area contributed by atoms with Gasteiger partial charge in [-0.25, -0.2) is 0 Å². The van der Waals surface area contributed by atoms with Crippen LogP contribution < -0.4 is 10.1 Å². The Balaban J connectivity index is 1.44. The van der Waals surface area contributed by atoms with E-state index < -0.39 is 6.10 Å². The first-order valence-electron chi connectivity index (χ1n) is 12.1. The normalized spacial score (nSPS) is 16.9. The highest BCUT2D eigenvalue weighted by atomic mass is 16.6. The molecule has 1 saturated heterocycles. The molecule has 37 heavy (non-hydrogen) atoms. The van der Waals surface area contributed by atoms with Gasteiger partial charge in [0.25, 0.3) is 5.91 Å². The number of hydrogen-bond acceptors (Lipinski definition) is 6. The first-order chi connectivity index (χ1) is 18.0. The molecule has 1 unspecified atom stereocenters. The molecule has 4 rings (SSSR count). The summed E-state index contributed by atoms with van der Waals surface area (Å²) in [4.78, 5) is 32.8. The van der Waals surface area contributed by atoms with E-state index >= 15 is 0 Å². The van der Waals surface area contributed by atoms with Crippen LogP contribution in [-0.4, -0.2) is 60.9 Å². The van der Waals surface area contributed by atoms with Gasteiger partial charge in [-0.3, -0.25) is 9.59 Å². The lowest BCUT2D eigenvalue weighted by molar-refractivity contribution is -0.122. The van der Waals surface area contributed by atoms with E-state index in [1.54, 1.807) is 36.3 Å². The highest BCUT2D eigenvalue weighted by molar-refractivity contribution is 6.01. The van der Waals surface area contributed by atoms with Gasteiger partial charge in [-0.1, -0.05) is 65.8 Å². The second kappa shape index (κ2) is 12.2. The molecule has 1 aliphatic rings. The van der Waals surface area contributed by atoms with Gasteiger partial charge in [0.1, 0.15) is 12.9 Å². The molecule has 1 aliphatic heterocycles. The van der Waals surface area contributed by atoms with Gasteiger partial charge >= 0.3 is 0 Å². The number of carbonyl (C=O) groups is 2. The fourth-order valence-corrected chi connectivity index (χ4v) is 4.52.